The molecule has 0 unspecified atom stereocenters. The number of carbonyl (C=O) groups is 1. The van der Waals surface area contributed by atoms with Crippen molar-refractivity contribution in [1.82, 2.24) is 20.4 Å². The minimum absolute atomic E-state index is 0.121. The van der Waals surface area contributed by atoms with Crippen LogP contribution < -0.4 is 5.32 Å². The smallest absolute Gasteiger partial charge is 0.251 e. The molecule has 1 aliphatic heterocycles. The van der Waals surface area contributed by atoms with Crippen LogP contribution in [-0.4, -0.2) is 34.0 Å². The predicted octanol–water partition coefficient (Wildman–Crippen LogP) is 3.65. The zero-order valence-corrected chi connectivity index (χ0v) is 15.8. The van der Waals surface area contributed by atoms with Crippen LogP contribution in [0, 0.1) is 0 Å². The quantitative estimate of drug-likeness (QED) is 0.711. The summed E-state index contributed by atoms with van der Waals surface area (Å²) in [5, 5.41) is 6.92. The number of hydrogen-bond acceptors (Lipinski definition) is 5. The molecule has 2 aromatic heterocycles. The number of likely N-dealkylation sites (tertiary alicyclic amines) is 1. The number of pyridine rings is 1. The lowest BCUT2D eigenvalue weighted by atomic mass is 10.1. The molecule has 1 N–H and O–H groups in total. The van der Waals surface area contributed by atoms with Crippen molar-refractivity contribution in [3.63, 3.8) is 0 Å². The monoisotopic (exact) mass is 376 g/mol. The third-order valence-electron chi connectivity index (χ3n) is 5.01. The van der Waals surface area contributed by atoms with E-state index >= 15 is 0 Å². The molecular formula is C22H24N4O2. The third kappa shape index (κ3) is 4.64. The van der Waals surface area contributed by atoms with Gasteiger partial charge < -0.3 is 9.84 Å². The second-order valence-corrected chi connectivity index (χ2v) is 7.14. The highest BCUT2D eigenvalue weighted by Gasteiger charge is 2.12. The molecule has 3 aromatic rings. The molecule has 3 heterocycles. The number of hydrogen-bond donors (Lipinski definition) is 1. The van der Waals surface area contributed by atoms with Crippen LogP contribution in [0.25, 0.3) is 11.3 Å². The average molecular weight is 376 g/mol. The standard InChI is InChI=1S/C22H24N4O2/c27-22(18-8-6-17(7-9-18)16-26-11-2-1-3-12-26)24-15-20-13-21(25-28-20)19-5-4-10-23-14-19/h4-10,13-14H,1-3,11-12,15-16H2,(H,24,27). The van der Waals surface area contributed by atoms with E-state index in [2.05, 4.69) is 20.4 Å². The molecule has 0 spiro atoms. The molecule has 0 radical (unpaired) electrons. The maximum absolute atomic E-state index is 12.4. The summed E-state index contributed by atoms with van der Waals surface area (Å²) in [6, 6.07) is 13.4. The molecular weight excluding hydrogens is 352 g/mol. The number of benzene rings is 1. The van der Waals surface area contributed by atoms with Crippen LogP contribution >= 0.6 is 0 Å². The molecule has 0 saturated carbocycles. The summed E-state index contributed by atoms with van der Waals surface area (Å²) in [5.41, 5.74) is 3.48. The van der Waals surface area contributed by atoms with Crippen LogP contribution in [0.15, 0.2) is 59.4 Å². The van der Waals surface area contributed by atoms with Crippen molar-refractivity contribution in [1.29, 1.82) is 0 Å². The number of piperidine rings is 1. The molecule has 1 saturated heterocycles. The topological polar surface area (TPSA) is 71.3 Å². The van der Waals surface area contributed by atoms with Crippen molar-refractivity contribution < 1.29 is 9.32 Å². The number of carbonyl (C=O) groups excluding carboxylic acids is 1. The maximum atomic E-state index is 12.4. The Morgan fingerprint density at radius 1 is 1.11 bits per heavy atom. The summed E-state index contributed by atoms with van der Waals surface area (Å²) in [6.07, 6.45) is 7.34. The van der Waals surface area contributed by atoms with Gasteiger partial charge in [-0.15, -0.1) is 0 Å². The van der Waals surface area contributed by atoms with Crippen molar-refractivity contribution in [3.8, 4) is 11.3 Å². The van der Waals surface area contributed by atoms with E-state index in [1.807, 2.05) is 42.5 Å². The van der Waals surface area contributed by atoms with E-state index in [4.69, 9.17) is 4.52 Å². The molecule has 6 nitrogen and oxygen atoms in total. The first-order valence-electron chi connectivity index (χ1n) is 9.73. The summed E-state index contributed by atoms with van der Waals surface area (Å²) < 4.78 is 5.31. The van der Waals surface area contributed by atoms with Gasteiger partial charge in [0.2, 0.25) is 0 Å². The fraction of sp³-hybridized carbons (Fsp3) is 0.318. The highest BCUT2D eigenvalue weighted by molar-refractivity contribution is 5.94. The Morgan fingerprint density at radius 2 is 1.93 bits per heavy atom. The van der Waals surface area contributed by atoms with Gasteiger partial charge in [-0.3, -0.25) is 14.7 Å². The van der Waals surface area contributed by atoms with E-state index in [0.717, 1.165) is 12.1 Å². The van der Waals surface area contributed by atoms with E-state index < -0.39 is 0 Å². The zero-order valence-electron chi connectivity index (χ0n) is 15.8. The molecule has 6 heteroatoms. The van der Waals surface area contributed by atoms with E-state index in [9.17, 15) is 4.79 Å². The summed E-state index contributed by atoms with van der Waals surface area (Å²) >= 11 is 0. The van der Waals surface area contributed by atoms with Gasteiger partial charge in [0.05, 0.1) is 6.54 Å². The fourth-order valence-electron chi connectivity index (χ4n) is 3.45. The van der Waals surface area contributed by atoms with Crippen molar-refractivity contribution in [2.75, 3.05) is 13.1 Å². The minimum Gasteiger partial charge on any atom is -0.359 e. The predicted molar refractivity (Wildman–Crippen MR) is 106 cm³/mol. The van der Waals surface area contributed by atoms with Gasteiger partial charge in [-0.2, -0.15) is 0 Å². The first kappa shape index (κ1) is 18.4. The number of aromatic nitrogens is 2. The summed E-state index contributed by atoms with van der Waals surface area (Å²) in [6.45, 7) is 3.58. The largest absolute Gasteiger partial charge is 0.359 e. The van der Waals surface area contributed by atoms with Crippen molar-refractivity contribution >= 4 is 5.91 Å². The molecule has 1 amide bonds. The Kier molecular flexibility index (Phi) is 5.77. The highest BCUT2D eigenvalue weighted by Crippen LogP contribution is 2.18. The molecule has 0 bridgehead atoms. The van der Waals surface area contributed by atoms with Gasteiger partial charge in [-0.1, -0.05) is 23.7 Å². The molecule has 4 rings (SSSR count). The van der Waals surface area contributed by atoms with Crippen LogP contribution in [0.5, 0.6) is 0 Å². The minimum atomic E-state index is -0.121. The number of nitrogens with one attached hydrogen (secondary N) is 1. The molecule has 1 aromatic carbocycles. The summed E-state index contributed by atoms with van der Waals surface area (Å²) in [5.74, 6) is 0.484. The van der Waals surface area contributed by atoms with Crippen molar-refractivity contribution in [2.45, 2.75) is 32.4 Å². The second kappa shape index (κ2) is 8.80. The zero-order chi connectivity index (χ0) is 19.2. The lowest BCUT2D eigenvalue weighted by Gasteiger charge is -2.26. The average Bonchev–Trinajstić information content (AvgIpc) is 3.23. The van der Waals surface area contributed by atoms with Crippen LogP contribution in [-0.2, 0) is 13.1 Å². The third-order valence-corrected chi connectivity index (χ3v) is 5.01. The Bertz CT molecular complexity index is 900. The van der Waals surface area contributed by atoms with Gasteiger partial charge in [-0.25, -0.2) is 0 Å². The lowest BCUT2D eigenvalue weighted by molar-refractivity contribution is 0.0947. The molecule has 1 fully saturated rings. The highest BCUT2D eigenvalue weighted by atomic mass is 16.5. The Labute approximate surface area is 164 Å². The number of nitrogens with zero attached hydrogens (tertiary/aromatic N) is 3. The van der Waals surface area contributed by atoms with Gasteiger partial charge in [0.15, 0.2) is 5.76 Å². The van der Waals surface area contributed by atoms with Gasteiger partial charge in [0.25, 0.3) is 5.91 Å². The van der Waals surface area contributed by atoms with Crippen molar-refractivity contribution in [3.05, 3.63) is 71.7 Å². The van der Waals surface area contributed by atoms with Gasteiger partial charge >= 0.3 is 0 Å². The summed E-state index contributed by atoms with van der Waals surface area (Å²) in [4.78, 5) is 19.0. The van der Waals surface area contributed by atoms with Crippen LogP contribution in [0.1, 0.15) is 40.9 Å². The van der Waals surface area contributed by atoms with E-state index in [0.29, 0.717) is 23.6 Å². The normalized spacial score (nSPS) is 14.7. The van der Waals surface area contributed by atoms with Gasteiger partial charge in [-0.05, 0) is 55.8 Å². The second-order valence-electron chi connectivity index (χ2n) is 7.14. The first-order valence-corrected chi connectivity index (χ1v) is 9.73. The Hall–Kier alpha value is -2.99. The van der Waals surface area contributed by atoms with Gasteiger partial charge in [0.1, 0.15) is 5.69 Å². The first-order chi connectivity index (χ1) is 13.8. The van der Waals surface area contributed by atoms with E-state index in [-0.39, 0.29) is 5.91 Å². The molecule has 1 aliphatic rings. The Balaban J connectivity index is 1.31. The fourth-order valence-corrected chi connectivity index (χ4v) is 3.45. The molecule has 0 atom stereocenters. The lowest BCUT2D eigenvalue weighted by Crippen LogP contribution is -2.29. The number of amides is 1. The number of rotatable bonds is 6. The molecule has 0 aliphatic carbocycles. The Morgan fingerprint density at radius 3 is 2.68 bits per heavy atom. The SMILES string of the molecule is O=C(NCc1cc(-c2cccnc2)no1)c1ccc(CN2CCCCC2)cc1. The van der Waals surface area contributed by atoms with Gasteiger partial charge in [0, 0.05) is 36.1 Å². The van der Waals surface area contributed by atoms with Crippen LogP contribution in [0.3, 0.4) is 0 Å². The van der Waals surface area contributed by atoms with E-state index in [1.165, 1.54) is 37.9 Å². The van der Waals surface area contributed by atoms with E-state index in [1.54, 1.807) is 12.4 Å². The van der Waals surface area contributed by atoms with Crippen LogP contribution in [0.4, 0.5) is 0 Å². The van der Waals surface area contributed by atoms with Crippen molar-refractivity contribution in [2.24, 2.45) is 0 Å². The summed E-state index contributed by atoms with van der Waals surface area (Å²) in [7, 11) is 0. The van der Waals surface area contributed by atoms with Crippen LogP contribution in [0.2, 0.25) is 0 Å². The maximum Gasteiger partial charge on any atom is 0.251 e. The molecule has 144 valence electrons. The molecule has 28 heavy (non-hydrogen) atoms.